The summed E-state index contributed by atoms with van der Waals surface area (Å²) in [5.74, 6) is 1.69. The first-order valence-electron chi connectivity index (χ1n) is 5.09. The van der Waals surface area contributed by atoms with E-state index >= 15 is 0 Å². The quantitative estimate of drug-likeness (QED) is 0.687. The zero-order chi connectivity index (χ0) is 10.1. The number of hydrogen-bond donors (Lipinski definition) is 0. The van der Waals surface area contributed by atoms with Gasteiger partial charge in [0.05, 0.1) is 7.11 Å². The van der Waals surface area contributed by atoms with Crippen molar-refractivity contribution < 1.29 is 4.74 Å². The van der Waals surface area contributed by atoms with Crippen LogP contribution in [0, 0.1) is 0 Å². The highest BCUT2D eigenvalue weighted by Gasteiger charge is 2.23. The molecule has 0 aromatic heterocycles. The van der Waals surface area contributed by atoms with Crippen molar-refractivity contribution >= 4 is 12.7 Å². The van der Waals surface area contributed by atoms with Crippen LogP contribution in [0.2, 0.25) is 0 Å². The van der Waals surface area contributed by atoms with E-state index in [-0.39, 0.29) is 0 Å². The minimum absolute atomic E-state index is 0.767. The topological polar surface area (TPSA) is 9.23 Å². The molecule has 1 heteroatoms. The molecule has 0 atom stereocenters. The van der Waals surface area contributed by atoms with Gasteiger partial charge in [0, 0.05) is 5.22 Å². The van der Waals surface area contributed by atoms with E-state index in [1.54, 1.807) is 7.11 Å². The fourth-order valence-electron chi connectivity index (χ4n) is 1.78. The molecule has 1 fully saturated rings. The molecule has 1 aromatic carbocycles. The summed E-state index contributed by atoms with van der Waals surface area (Å²) in [6.45, 7) is 6.07. The van der Waals surface area contributed by atoms with Crippen LogP contribution < -0.4 is 15.2 Å². The third kappa shape index (κ3) is 1.54. The van der Waals surface area contributed by atoms with E-state index in [0.29, 0.717) is 0 Å². The Balaban J connectivity index is 2.61. The van der Waals surface area contributed by atoms with Crippen LogP contribution in [0.3, 0.4) is 0 Å². The van der Waals surface area contributed by atoms with Crippen molar-refractivity contribution in [2.24, 2.45) is 0 Å². The molecule has 2 rings (SSSR count). The van der Waals surface area contributed by atoms with Gasteiger partial charge in [0.1, 0.15) is 5.75 Å². The van der Waals surface area contributed by atoms with Crippen molar-refractivity contribution in [2.75, 3.05) is 7.11 Å². The van der Waals surface area contributed by atoms with Gasteiger partial charge < -0.3 is 4.74 Å². The second-order valence-electron chi connectivity index (χ2n) is 3.85. The predicted molar refractivity (Wildman–Crippen MR) is 59.9 cm³/mol. The van der Waals surface area contributed by atoms with Crippen molar-refractivity contribution in [1.82, 2.24) is 0 Å². The van der Waals surface area contributed by atoms with Gasteiger partial charge in [-0.05, 0) is 42.5 Å². The zero-order valence-electron chi connectivity index (χ0n) is 8.84. The third-order valence-electron chi connectivity index (χ3n) is 2.85. The van der Waals surface area contributed by atoms with Crippen LogP contribution in [0.1, 0.15) is 31.2 Å². The lowest BCUT2D eigenvalue weighted by atomic mass is 10.1. The SMILES string of the molecule is C=c1c(OC)cc(C2CC2)c/c1=C/C. The summed E-state index contributed by atoms with van der Waals surface area (Å²) >= 11 is 0. The van der Waals surface area contributed by atoms with Crippen LogP contribution in [0.25, 0.3) is 12.7 Å². The Morgan fingerprint density at radius 2 is 2.14 bits per heavy atom. The maximum absolute atomic E-state index is 5.32. The molecule has 1 aliphatic rings. The van der Waals surface area contributed by atoms with Crippen molar-refractivity contribution in [2.45, 2.75) is 25.7 Å². The standard InChI is InChI=1S/C13H16O/c1-4-10-7-12(11-5-6-11)8-13(14-3)9(10)2/h4,7-8,11H,2,5-6H2,1,3H3/b10-4-. The van der Waals surface area contributed by atoms with Gasteiger partial charge in [-0.2, -0.15) is 0 Å². The smallest absolute Gasteiger partial charge is 0.126 e. The third-order valence-corrected chi connectivity index (χ3v) is 2.85. The van der Waals surface area contributed by atoms with Crippen LogP contribution in [0.5, 0.6) is 5.75 Å². The van der Waals surface area contributed by atoms with Gasteiger partial charge in [-0.15, -0.1) is 0 Å². The molecular formula is C13H16O. The summed E-state index contributed by atoms with van der Waals surface area (Å²) in [5.41, 5.74) is 1.40. The lowest BCUT2D eigenvalue weighted by Gasteiger charge is -2.05. The normalized spacial score (nSPS) is 17.1. The van der Waals surface area contributed by atoms with E-state index in [1.165, 1.54) is 23.6 Å². The van der Waals surface area contributed by atoms with Gasteiger partial charge in [-0.3, -0.25) is 0 Å². The van der Waals surface area contributed by atoms with Crippen molar-refractivity contribution in [3.05, 3.63) is 28.1 Å². The molecule has 1 saturated carbocycles. The molecule has 0 amide bonds. The van der Waals surface area contributed by atoms with Crippen LogP contribution in [-0.4, -0.2) is 7.11 Å². The number of benzene rings is 1. The Morgan fingerprint density at radius 3 is 2.64 bits per heavy atom. The monoisotopic (exact) mass is 188 g/mol. The van der Waals surface area contributed by atoms with Crippen molar-refractivity contribution in [3.63, 3.8) is 0 Å². The molecule has 0 radical (unpaired) electrons. The molecule has 0 bridgehead atoms. The summed E-state index contributed by atoms with van der Waals surface area (Å²) < 4.78 is 5.32. The minimum atomic E-state index is 0.767. The molecule has 0 heterocycles. The highest BCUT2D eigenvalue weighted by molar-refractivity contribution is 5.40. The molecule has 0 aliphatic heterocycles. The van der Waals surface area contributed by atoms with Gasteiger partial charge in [0.15, 0.2) is 0 Å². The Hall–Kier alpha value is -1.24. The Kier molecular flexibility index (Phi) is 2.32. The van der Waals surface area contributed by atoms with Gasteiger partial charge >= 0.3 is 0 Å². The molecule has 1 nitrogen and oxygen atoms in total. The molecule has 0 spiro atoms. The Labute approximate surface area is 84.7 Å². The van der Waals surface area contributed by atoms with E-state index in [2.05, 4.69) is 24.8 Å². The molecule has 1 aliphatic carbocycles. The van der Waals surface area contributed by atoms with Crippen molar-refractivity contribution in [3.8, 4) is 5.75 Å². The molecule has 0 unspecified atom stereocenters. The molecule has 0 saturated heterocycles. The Bertz CT molecular complexity index is 441. The fourth-order valence-corrected chi connectivity index (χ4v) is 1.78. The van der Waals surface area contributed by atoms with Crippen LogP contribution in [-0.2, 0) is 0 Å². The predicted octanol–water partition coefficient (Wildman–Crippen LogP) is 1.78. The summed E-state index contributed by atoms with van der Waals surface area (Å²) in [5, 5.41) is 2.20. The second kappa shape index (κ2) is 3.49. The summed E-state index contributed by atoms with van der Waals surface area (Å²) in [4.78, 5) is 0. The average molecular weight is 188 g/mol. The maximum Gasteiger partial charge on any atom is 0.126 e. The molecule has 14 heavy (non-hydrogen) atoms. The first-order valence-corrected chi connectivity index (χ1v) is 5.09. The van der Waals surface area contributed by atoms with Crippen LogP contribution in [0.4, 0.5) is 0 Å². The maximum atomic E-state index is 5.32. The van der Waals surface area contributed by atoms with Crippen molar-refractivity contribution in [1.29, 1.82) is 0 Å². The number of methoxy groups -OCH3 is 1. The van der Waals surface area contributed by atoms with E-state index in [0.717, 1.165) is 16.9 Å². The molecule has 74 valence electrons. The average Bonchev–Trinajstić information content (AvgIpc) is 3.02. The minimum Gasteiger partial charge on any atom is -0.496 e. The first-order chi connectivity index (χ1) is 6.76. The molecular weight excluding hydrogens is 172 g/mol. The van der Waals surface area contributed by atoms with Crippen LogP contribution in [0.15, 0.2) is 12.1 Å². The molecule has 0 N–H and O–H groups in total. The molecule has 1 aromatic rings. The van der Waals surface area contributed by atoms with Gasteiger partial charge in [-0.25, -0.2) is 0 Å². The number of hydrogen-bond acceptors (Lipinski definition) is 1. The highest BCUT2D eigenvalue weighted by Crippen LogP contribution is 2.39. The number of rotatable bonds is 2. The first kappa shape index (κ1) is 9.32. The number of ether oxygens (including phenoxy) is 1. The van der Waals surface area contributed by atoms with Crippen LogP contribution >= 0.6 is 0 Å². The van der Waals surface area contributed by atoms with Gasteiger partial charge in [-0.1, -0.05) is 18.7 Å². The Morgan fingerprint density at radius 1 is 1.43 bits per heavy atom. The summed E-state index contributed by atoms with van der Waals surface area (Å²) in [6.07, 6.45) is 4.74. The van der Waals surface area contributed by atoms with E-state index in [9.17, 15) is 0 Å². The summed E-state index contributed by atoms with van der Waals surface area (Å²) in [6, 6.07) is 4.37. The van der Waals surface area contributed by atoms with E-state index in [1.807, 2.05) is 6.92 Å². The second-order valence-corrected chi connectivity index (χ2v) is 3.85. The van der Waals surface area contributed by atoms with E-state index in [4.69, 9.17) is 4.74 Å². The lowest BCUT2D eigenvalue weighted by molar-refractivity contribution is 0.410. The van der Waals surface area contributed by atoms with Gasteiger partial charge in [0.25, 0.3) is 0 Å². The fraction of sp³-hybridized carbons (Fsp3) is 0.385. The largest absolute Gasteiger partial charge is 0.496 e. The van der Waals surface area contributed by atoms with Gasteiger partial charge in [0.2, 0.25) is 0 Å². The highest BCUT2D eigenvalue weighted by atomic mass is 16.5. The zero-order valence-corrected chi connectivity index (χ0v) is 8.84. The lowest BCUT2D eigenvalue weighted by Crippen LogP contribution is -2.25. The van der Waals surface area contributed by atoms with E-state index < -0.39 is 0 Å². The summed E-state index contributed by atoms with van der Waals surface area (Å²) in [7, 11) is 1.71.